The summed E-state index contributed by atoms with van der Waals surface area (Å²) >= 11 is 1.68. The van der Waals surface area contributed by atoms with E-state index in [1.54, 1.807) is 11.3 Å². The molecule has 0 radical (unpaired) electrons. The van der Waals surface area contributed by atoms with Crippen LogP contribution in [0, 0.1) is 4.91 Å². The van der Waals surface area contributed by atoms with Crippen molar-refractivity contribution in [2.24, 2.45) is 5.18 Å². The molecule has 19 heavy (non-hydrogen) atoms. The molecule has 0 amide bonds. The van der Waals surface area contributed by atoms with Crippen molar-refractivity contribution < 1.29 is 0 Å². The summed E-state index contributed by atoms with van der Waals surface area (Å²) in [6.45, 7) is 0. The summed E-state index contributed by atoms with van der Waals surface area (Å²) in [5, 5.41) is 6.42. The van der Waals surface area contributed by atoms with Crippen molar-refractivity contribution in [3.63, 3.8) is 0 Å². The van der Waals surface area contributed by atoms with E-state index in [-0.39, 0.29) is 0 Å². The molecule has 3 aromatic rings. The first-order valence-electron chi connectivity index (χ1n) is 6.25. The Morgan fingerprint density at radius 1 is 0.947 bits per heavy atom. The normalized spacial score (nSPS) is 10.7. The molecule has 0 atom stereocenters. The zero-order valence-corrected chi connectivity index (χ0v) is 11.2. The fraction of sp³-hybridized carbons (Fsp3) is 0.125. The highest BCUT2D eigenvalue weighted by Crippen LogP contribution is 2.33. The number of fused-ring (bicyclic) bond motifs is 1. The summed E-state index contributed by atoms with van der Waals surface area (Å²) in [7, 11) is 0. The van der Waals surface area contributed by atoms with Gasteiger partial charge in [-0.25, -0.2) is 0 Å². The van der Waals surface area contributed by atoms with Crippen LogP contribution >= 0.6 is 11.3 Å². The monoisotopic (exact) mass is 267 g/mol. The Kier molecular flexibility index (Phi) is 3.38. The van der Waals surface area contributed by atoms with Gasteiger partial charge in [0.15, 0.2) is 0 Å². The Hall–Kier alpha value is -2.00. The number of nitroso groups, excluding NO2 is 1. The number of thiophene rings is 1. The summed E-state index contributed by atoms with van der Waals surface area (Å²) in [6.07, 6.45) is 1.78. The van der Waals surface area contributed by atoms with Crippen molar-refractivity contribution in [2.75, 3.05) is 0 Å². The molecule has 0 spiro atoms. The SMILES string of the molecule is O=Nc1ccc2ccsc2c1CCc1ccccc1. The van der Waals surface area contributed by atoms with Gasteiger partial charge in [0.2, 0.25) is 0 Å². The molecule has 0 aliphatic heterocycles. The highest BCUT2D eigenvalue weighted by atomic mass is 32.1. The Labute approximate surface area is 115 Å². The fourth-order valence-electron chi connectivity index (χ4n) is 2.32. The van der Waals surface area contributed by atoms with Gasteiger partial charge in [-0.2, -0.15) is 0 Å². The van der Waals surface area contributed by atoms with Crippen LogP contribution in [0.15, 0.2) is 59.1 Å². The first kappa shape index (κ1) is 12.1. The van der Waals surface area contributed by atoms with Gasteiger partial charge >= 0.3 is 0 Å². The van der Waals surface area contributed by atoms with Crippen LogP contribution in [0.1, 0.15) is 11.1 Å². The minimum atomic E-state index is 0.575. The number of aryl methyl sites for hydroxylation is 2. The maximum atomic E-state index is 11.0. The van der Waals surface area contributed by atoms with E-state index in [2.05, 4.69) is 28.8 Å². The van der Waals surface area contributed by atoms with E-state index in [1.165, 1.54) is 15.6 Å². The predicted octanol–water partition coefficient (Wildman–Crippen LogP) is 5.08. The molecule has 0 aliphatic rings. The zero-order chi connectivity index (χ0) is 13.1. The first-order chi connectivity index (χ1) is 9.38. The van der Waals surface area contributed by atoms with Gasteiger partial charge in [0.05, 0.1) is 0 Å². The van der Waals surface area contributed by atoms with Gasteiger partial charge in [-0.15, -0.1) is 16.2 Å². The Bertz CT molecular complexity index is 703. The van der Waals surface area contributed by atoms with Crippen LogP contribution in [-0.4, -0.2) is 0 Å². The van der Waals surface area contributed by atoms with Crippen LogP contribution in [0.3, 0.4) is 0 Å². The van der Waals surface area contributed by atoms with Crippen molar-refractivity contribution >= 4 is 27.1 Å². The minimum Gasteiger partial charge on any atom is -0.145 e. The lowest BCUT2D eigenvalue weighted by Crippen LogP contribution is -1.92. The van der Waals surface area contributed by atoms with Crippen LogP contribution < -0.4 is 0 Å². The average Bonchev–Trinajstić information content (AvgIpc) is 2.94. The standard InChI is InChI=1S/C16H13NOS/c18-17-15-9-7-13-10-11-19-16(13)14(15)8-6-12-4-2-1-3-5-12/h1-5,7,9-11H,6,8H2. The lowest BCUT2D eigenvalue weighted by molar-refractivity contribution is 0.970. The third kappa shape index (κ3) is 2.42. The van der Waals surface area contributed by atoms with E-state index in [4.69, 9.17) is 0 Å². The third-order valence-electron chi connectivity index (χ3n) is 3.30. The number of benzene rings is 2. The van der Waals surface area contributed by atoms with Crippen molar-refractivity contribution in [1.29, 1.82) is 0 Å². The van der Waals surface area contributed by atoms with E-state index in [0.29, 0.717) is 5.69 Å². The molecule has 0 bridgehead atoms. The Morgan fingerprint density at radius 3 is 2.58 bits per heavy atom. The fourth-order valence-corrected chi connectivity index (χ4v) is 3.29. The van der Waals surface area contributed by atoms with Crippen LogP contribution in [0.5, 0.6) is 0 Å². The highest BCUT2D eigenvalue weighted by molar-refractivity contribution is 7.17. The van der Waals surface area contributed by atoms with Crippen LogP contribution in [-0.2, 0) is 12.8 Å². The molecule has 1 heterocycles. The second-order valence-corrected chi connectivity index (χ2v) is 5.40. The first-order valence-corrected chi connectivity index (χ1v) is 7.13. The molecular weight excluding hydrogens is 254 g/mol. The quantitative estimate of drug-likeness (QED) is 0.606. The smallest absolute Gasteiger partial charge is 0.112 e. The number of rotatable bonds is 4. The molecule has 2 nitrogen and oxygen atoms in total. The molecule has 2 aromatic carbocycles. The topological polar surface area (TPSA) is 29.4 Å². The van der Waals surface area contributed by atoms with E-state index in [9.17, 15) is 4.91 Å². The second kappa shape index (κ2) is 5.33. The van der Waals surface area contributed by atoms with Crippen LogP contribution in [0.2, 0.25) is 0 Å². The summed E-state index contributed by atoms with van der Waals surface area (Å²) in [6, 6.07) is 16.2. The van der Waals surface area contributed by atoms with Crippen molar-refractivity contribution in [3.8, 4) is 0 Å². The van der Waals surface area contributed by atoms with Gasteiger partial charge in [-0.3, -0.25) is 0 Å². The lowest BCUT2D eigenvalue weighted by Gasteiger charge is -2.06. The highest BCUT2D eigenvalue weighted by Gasteiger charge is 2.09. The minimum absolute atomic E-state index is 0.575. The van der Waals surface area contributed by atoms with Gasteiger partial charge in [-0.1, -0.05) is 36.4 Å². The lowest BCUT2D eigenvalue weighted by atomic mass is 10.0. The average molecular weight is 267 g/mol. The van der Waals surface area contributed by atoms with Gasteiger partial charge in [0.25, 0.3) is 0 Å². The van der Waals surface area contributed by atoms with Gasteiger partial charge in [0.1, 0.15) is 5.69 Å². The van der Waals surface area contributed by atoms with E-state index in [1.807, 2.05) is 30.3 Å². The molecule has 3 heteroatoms. The Morgan fingerprint density at radius 2 is 1.79 bits per heavy atom. The van der Waals surface area contributed by atoms with Crippen LogP contribution in [0.4, 0.5) is 5.69 Å². The van der Waals surface area contributed by atoms with Crippen LogP contribution in [0.25, 0.3) is 10.1 Å². The number of hydrogen-bond donors (Lipinski definition) is 0. The Balaban J connectivity index is 1.95. The molecule has 0 N–H and O–H groups in total. The third-order valence-corrected chi connectivity index (χ3v) is 4.29. The molecule has 3 rings (SSSR count). The summed E-state index contributed by atoms with van der Waals surface area (Å²) in [4.78, 5) is 11.0. The molecule has 0 saturated heterocycles. The maximum absolute atomic E-state index is 11.0. The number of nitrogens with zero attached hydrogens (tertiary/aromatic N) is 1. The molecule has 0 fully saturated rings. The second-order valence-electron chi connectivity index (χ2n) is 4.48. The summed E-state index contributed by atoms with van der Waals surface area (Å²) in [5.74, 6) is 0. The maximum Gasteiger partial charge on any atom is 0.112 e. The summed E-state index contributed by atoms with van der Waals surface area (Å²) < 4.78 is 1.19. The van der Waals surface area contributed by atoms with Crippen molar-refractivity contribution in [1.82, 2.24) is 0 Å². The van der Waals surface area contributed by atoms with Crippen molar-refractivity contribution in [3.05, 3.63) is 69.9 Å². The van der Waals surface area contributed by atoms with E-state index < -0.39 is 0 Å². The van der Waals surface area contributed by atoms with Gasteiger partial charge in [0, 0.05) is 4.70 Å². The van der Waals surface area contributed by atoms with E-state index >= 15 is 0 Å². The molecule has 0 aliphatic carbocycles. The summed E-state index contributed by atoms with van der Waals surface area (Å²) in [5.41, 5.74) is 2.94. The zero-order valence-electron chi connectivity index (χ0n) is 10.4. The molecule has 0 unspecified atom stereocenters. The molecule has 94 valence electrons. The molecule has 0 saturated carbocycles. The van der Waals surface area contributed by atoms with E-state index in [0.717, 1.165) is 18.4 Å². The largest absolute Gasteiger partial charge is 0.145 e. The van der Waals surface area contributed by atoms with Gasteiger partial charge in [-0.05, 0) is 52.0 Å². The van der Waals surface area contributed by atoms with Crippen molar-refractivity contribution in [2.45, 2.75) is 12.8 Å². The predicted molar refractivity (Wildman–Crippen MR) is 81.1 cm³/mol. The van der Waals surface area contributed by atoms with Gasteiger partial charge < -0.3 is 0 Å². The number of hydrogen-bond acceptors (Lipinski definition) is 3. The molecular formula is C16H13NOS. The molecule has 1 aromatic heterocycles.